The number of carbonyl (C=O) groups excluding carboxylic acids is 1. The van der Waals surface area contributed by atoms with Crippen LogP contribution in [0.4, 0.5) is 4.79 Å². The molecule has 1 aromatic heterocycles. The SMILES string of the molecule is CCOC(=O)N1CCN(C(C)Oc2ccc(-c3ccn[nH]3)cc2C)CC1. The van der Waals surface area contributed by atoms with Crippen LogP contribution >= 0.6 is 0 Å². The van der Waals surface area contributed by atoms with Crippen LogP contribution in [0.15, 0.2) is 30.5 Å². The molecule has 1 aliphatic heterocycles. The molecule has 1 N–H and O–H groups in total. The maximum absolute atomic E-state index is 11.8. The average molecular weight is 358 g/mol. The van der Waals surface area contributed by atoms with Crippen molar-refractivity contribution in [2.75, 3.05) is 32.8 Å². The Morgan fingerprint density at radius 3 is 2.65 bits per heavy atom. The molecule has 140 valence electrons. The van der Waals surface area contributed by atoms with Crippen molar-refractivity contribution in [2.45, 2.75) is 27.0 Å². The van der Waals surface area contributed by atoms with E-state index in [4.69, 9.17) is 9.47 Å². The van der Waals surface area contributed by atoms with Crippen molar-refractivity contribution in [1.29, 1.82) is 0 Å². The quantitative estimate of drug-likeness (QED) is 0.890. The number of amides is 1. The summed E-state index contributed by atoms with van der Waals surface area (Å²) in [5, 5.41) is 6.96. The molecule has 1 aromatic carbocycles. The van der Waals surface area contributed by atoms with Crippen LogP contribution in [0.25, 0.3) is 11.3 Å². The third-order valence-corrected chi connectivity index (χ3v) is 4.64. The second-order valence-electron chi connectivity index (χ2n) is 6.39. The molecule has 3 rings (SSSR count). The van der Waals surface area contributed by atoms with Crippen LogP contribution in [0, 0.1) is 6.92 Å². The topological polar surface area (TPSA) is 70.7 Å². The van der Waals surface area contributed by atoms with Gasteiger partial charge in [0.15, 0.2) is 0 Å². The van der Waals surface area contributed by atoms with Gasteiger partial charge in [0.2, 0.25) is 0 Å². The number of nitrogens with zero attached hydrogens (tertiary/aromatic N) is 3. The zero-order valence-electron chi connectivity index (χ0n) is 15.6. The Kier molecular flexibility index (Phi) is 5.78. The van der Waals surface area contributed by atoms with E-state index < -0.39 is 0 Å². The molecule has 0 spiro atoms. The predicted octanol–water partition coefficient (Wildman–Crippen LogP) is 2.88. The van der Waals surface area contributed by atoms with Crippen molar-refractivity contribution < 1.29 is 14.3 Å². The van der Waals surface area contributed by atoms with E-state index in [9.17, 15) is 4.79 Å². The molecule has 2 heterocycles. The van der Waals surface area contributed by atoms with Crippen molar-refractivity contribution in [1.82, 2.24) is 20.0 Å². The summed E-state index contributed by atoms with van der Waals surface area (Å²) < 4.78 is 11.2. The van der Waals surface area contributed by atoms with Crippen LogP contribution in [0.5, 0.6) is 5.75 Å². The summed E-state index contributed by atoms with van der Waals surface area (Å²) in [7, 11) is 0. The largest absolute Gasteiger partial charge is 0.475 e. The summed E-state index contributed by atoms with van der Waals surface area (Å²) in [6.45, 7) is 9.17. The molecular formula is C19H26N4O3. The number of aromatic nitrogens is 2. The number of nitrogens with one attached hydrogen (secondary N) is 1. The molecule has 0 radical (unpaired) electrons. The zero-order valence-corrected chi connectivity index (χ0v) is 15.6. The summed E-state index contributed by atoms with van der Waals surface area (Å²) in [6, 6.07) is 8.06. The highest BCUT2D eigenvalue weighted by Gasteiger charge is 2.25. The molecule has 0 bridgehead atoms. The van der Waals surface area contributed by atoms with E-state index in [1.807, 2.05) is 39.0 Å². The summed E-state index contributed by atoms with van der Waals surface area (Å²) >= 11 is 0. The Hall–Kier alpha value is -2.54. The number of aromatic amines is 1. The number of hydrogen-bond donors (Lipinski definition) is 1. The highest BCUT2D eigenvalue weighted by atomic mass is 16.6. The summed E-state index contributed by atoms with van der Waals surface area (Å²) in [5.41, 5.74) is 3.15. The van der Waals surface area contributed by atoms with Gasteiger partial charge in [-0.15, -0.1) is 0 Å². The number of carbonyl (C=O) groups is 1. The molecule has 0 saturated carbocycles. The first-order valence-electron chi connectivity index (χ1n) is 9.01. The van der Waals surface area contributed by atoms with Crippen LogP contribution in [0.2, 0.25) is 0 Å². The third kappa shape index (κ3) is 4.16. The Morgan fingerprint density at radius 1 is 1.27 bits per heavy atom. The lowest BCUT2D eigenvalue weighted by Crippen LogP contribution is -2.52. The molecule has 1 fully saturated rings. The highest BCUT2D eigenvalue weighted by Crippen LogP contribution is 2.26. The second kappa shape index (κ2) is 8.23. The standard InChI is InChI=1S/C19H26N4O3/c1-4-25-19(24)23-11-9-22(10-12-23)15(3)26-18-6-5-16(13-14(18)2)17-7-8-20-21-17/h5-8,13,15H,4,9-12H2,1-3H3,(H,20,21). The van der Waals surface area contributed by atoms with E-state index in [1.165, 1.54) is 0 Å². The smallest absolute Gasteiger partial charge is 0.409 e. The van der Waals surface area contributed by atoms with Gasteiger partial charge < -0.3 is 14.4 Å². The molecule has 7 heteroatoms. The van der Waals surface area contributed by atoms with Gasteiger partial charge >= 0.3 is 6.09 Å². The van der Waals surface area contributed by atoms with Gasteiger partial charge in [-0.2, -0.15) is 5.10 Å². The second-order valence-corrected chi connectivity index (χ2v) is 6.39. The minimum absolute atomic E-state index is 0.0592. The summed E-state index contributed by atoms with van der Waals surface area (Å²) in [4.78, 5) is 15.8. The molecule has 1 saturated heterocycles. The Labute approximate surface area is 153 Å². The number of H-pyrrole nitrogens is 1. The fraction of sp³-hybridized carbons (Fsp3) is 0.474. The van der Waals surface area contributed by atoms with Gasteiger partial charge in [0.05, 0.1) is 12.3 Å². The molecule has 1 amide bonds. The molecule has 26 heavy (non-hydrogen) atoms. The lowest BCUT2D eigenvalue weighted by atomic mass is 10.1. The minimum Gasteiger partial charge on any atom is -0.475 e. The monoisotopic (exact) mass is 358 g/mol. The third-order valence-electron chi connectivity index (χ3n) is 4.64. The normalized spacial score (nSPS) is 16.3. The van der Waals surface area contributed by atoms with E-state index in [-0.39, 0.29) is 12.3 Å². The zero-order chi connectivity index (χ0) is 18.5. The van der Waals surface area contributed by atoms with Gasteiger partial charge in [0.1, 0.15) is 12.0 Å². The van der Waals surface area contributed by atoms with Crippen molar-refractivity contribution >= 4 is 6.09 Å². The van der Waals surface area contributed by atoms with Crippen LogP contribution in [0.3, 0.4) is 0 Å². The molecule has 0 aliphatic carbocycles. The van der Waals surface area contributed by atoms with E-state index >= 15 is 0 Å². The first-order valence-corrected chi connectivity index (χ1v) is 9.01. The number of ether oxygens (including phenoxy) is 2. The molecular weight excluding hydrogens is 332 g/mol. The number of rotatable bonds is 5. The van der Waals surface area contributed by atoms with Gasteiger partial charge in [0, 0.05) is 37.9 Å². The number of piperazine rings is 1. The first kappa shape index (κ1) is 18.3. The Bertz CT molecular complexity index is 724. The first-order chi connectivity index (χ1) is 12.6. The Morgan fingerprint density at radius 2 is 2.04 bits per heavy atom. The lowest BCUT2D eigenvalue weighted by molar-refractivity contribution is 0.00212. The van der Waals surface area contributed by atoms with Crippen molar-refractivity contribution in [3.63, 3.8) is 0 Å². The number of aryl methyl sites for hydroxylation is 1. The summed E-state index contributed by atoms with van der Waals surface area (Å²) in [6.07, 6.45) is 1.45. The van der Waals surface area contributed by atoms with Crippen molar-refractivity contribution in [2.24, 2.45) is 0 Å². The summed E-state index contributed by atoms with van der Waals surface area (Å²) in [5.74, 6) is 0.869. The molecule has 1 aliphatic rings. The molecule has 1 unspecified atom stereocenters. The van der Waals surface area contributed by atoms with Gasteiger partial charge in [0.25, 0.3) is 0 Å². The van der Waals surface area contributed by atoms with E-state index in [0.29, 0.717) is 19.7 Å². The van der Waals surface area contributed by atoms with E-state index in [2.05, 4.69) is 21.2 Å². The van der Waals surface area contributed by atoms with Crippen LogP contribution in [-0.2, 0) is 4.74 Å². The van der Waals surface area contributed by atoms with Gasteiger partial charge in [-0.1, -0.05) is 0 Å². The van der Waals surface area contributed by atoms with Crippen LogP contribution in [0.1, 0.15) is 19.4 Å². The van der Waals surface area contributed by atoms with Crippen LogP contribution in [-0.4, -0.2) is 65.1 Å². The van der Waals surface area contributed by atoms with Gasteiger partial charge in [-0.3, -0.25) is 10.00 Å². The number of hydrogen-bond acceptors (Lipinski definition) is 5. The maximum Gasteiger partial charge on any atom is 0.409 e. The molecule has 7 nitrogen and oxygen atoms in total. The molecule has 2 aromatic rings. The minimum atomic E-state index is -0.231. The highest BCUT2D eigenvalue weighted by molar-refractivity contribution is 5.67. The lowest BCUT2D eigenvalue weighted by Gasteiger charge is -2.37. The average Bonchev–Trinajstić information content (AvgIpc) is 3.18. The van der Waals surface area contributed by atoms with Gasteiger partial charge in [-0.25, -0.2) is 4.79 Å². The van der Waals surface area contributed by atoms with Crippen molar-refractivity contribution in [3.05, 3.63) is 36.0 Å². The predicted molar refractivity (Wildman–Crippen MR) is 99.0 cm³/mol. The number of benzene rings is 1. The fourth-order valence-electron chi connectivity index (χ4n) is 3.11. The molecule has 1 atom stereocenters. The van der Waals surface area contributed by atoms with Crippen molar-refractivity contribution in [3.8, 4) is 17.0 Å². The maximum atomic E-state index is 11.8. The van der Waals surface area contributed by atoms with Crippen LogP contribution < -0.4 is 4.74 Å². The van der Waals surface area contributed by atoms with Gasteiger partial charge in [-0.05, 0) is 50.6 Å². The van der Waals surface area contributed by atoms with E-state index in [0.717, 1.165) is 35.7 Å². The Balaban J connectivity index is 1.57. The van der Waals surface area contributed by atoms with E-state index in [1.54, 1.807) is 11.1 Å². The fourth-order valence-corrected chi connectivity index (χ4v) is 3.11.